The monoisotopic (exact) mass is 416 g/mol. The Balaban J connectivity index is 1.97. The van der Waals surface area contributed by atoms with Crippen molar-refractivity contribution in [2.45, 2.75) is 31.7 Å². The molecule has 0 atom stereocenters. The summed E-state index contributed by atoms with van der Waals surface area (Å²) in [5.74, 6) is 1.66. The Labute approximate surface area is 173 Å². The zero-order chi connectivity index (χ0) is 20.1. The second kappa shape index (κ2) is 9.30. The molecule has 7 heteroatoms. The second-order valence-electron chi connectivity index (χ2n) is 6.29. The molecule has 3 aromatic rings. The Morgan fingerprint density at radius 3 is 2.43 bits per heavy atom. The molecule has 0 saturated heterocycles. The first-order valence-corrected chi connectivity index (χ1v) is 10.9. The zero-order valence-electron chi connectivity index (χ0n) is 16.5. The molecule has 0 bridgehead atoms. The lowest BCUT2D eigenvalue weighted by atomic mass is 10.2. The number of thioether (sulfide) groups is 1. The number of nitrogens with zero attached hydrogens (tertiary/aromatic N) is 2. The zero-order valence-corrected chi connectivity index (χ0v) is 18.2. The van der Waals surface area contributed by atoms with Gasteiger partial charge in [0.25, 0.3) is 5.91 Å². The summed E-state index contributed by atoms with van der Waals surface area (Å²) in [5.41, 5.74) is 2.13. The molecule has 1 amide bonds. The van der Waals surface area contributed by atoms with Crippen molar-refractivity contribution in [3.63, 3.8) is 0 Å². The Bertz CT molecular complexity index is 1040. The summed E-state index contributed by atoms with van der Waals surface area (Å²) in [6.07, 6.45) is 0.922. The number of fused-ring (bicyclic) bond motifs is 1. The second-order valence-corrected chi connectivity index (χ2v) is 8.32. The molecular weight excluding hydrogens is 392 g/mol. The predicted octanol–water partition coefficient (Wildman–Crippen LogP) is 4.66. The summed E-state index contributed by atoms with van der Waals surface area (Å²) in [5, 5.41) is 0. The summed E-state index contributed by atoms with van der Waals surface area (Å²) in [4.78, 5) is 18.7. The lowest BCUT2D eigenvalue weighted by Gasteiger charge is -2.09. The minimum absolute atomic E-state index is 0.153. The maximum absolute atomic E-state index is 12.5. The van der Waals surface area contributed by atoms with Gasteiger partial charge < -0.3 is 14.0 Å². The Kier molecular flexibility index (Phi) is 6.80. The van der Waals surface area contributed by atoms with Crippen LogP contribution < -0.4 is 14.3 Å². The van der Waals surface area contributed by atoms with E-state index in [1.54, 1.807) is 14.2 Å². The van der Waals surface area contributed by atoms with Gasteiger partial charge in [-0.25, -0.2) is 0 Å². The van der Waals surface area contributed by atoms with Gasteiger partial charge in [0, 0.05) is 11.4 Å². The molecule has 148 valence electrons. The summed E-state index contributed by atoms with van der Waals surface area (Å²) >= 11 is 2.96. The molecule has 0 N–H and O–H groups in total. The van der Waals surface area contributed by atoms with Crippen molar-refractivity contribution in [3.05, 3.63) is 46.8 Å². The summed E-state index contributed by atoms with van der Waals surface area (Å²) < 4.78 is 14.0. The van der Waals surface area contributed by atoms with Crippen molar-refractivity contribution in [1.29, 1.82) is 0 Å². The molecule has 0 radical (unpaired) electrons. The normalized spacial score (nSPS) is 11.8. The van der Waals surface area contributed by atoms with E-state index in [2.05, 4.69) is 16.5 Å². The molecule has 0 aliphatic heterocycles. The minimum atomic E-state index is -0.153. The van der Waals surface area contributed by atoms with Crippen LogP contribution in [0.3, 0.4) is 0 Å². The van der Waals surface area contributed by atoms with Crippen LogP contribution in [0.15, 0.2) is 46.3 Å². The molecule has 0 spiro atoms. The van der Waals surface area contributed by atoms with Crippen LogP contribution in [-0.4, -0.2) is 30.4 Å². The highest BCUT2D eigenvalue weighted by molar-refractivity contribution is 8.00. The Morgan fingerprint density at radius 2 is 1.79 bits per heavy atom. The van der Waals surface area contributed by atoms with E-state index in [4.69, 9.17) is 9.47 Å². The first-order chi connectivity index (χ1) is 13.6. The van der Waals surface area contributed by atoms with Gasteiger partial charge in [-0.1, -0.05) is 36.0 Å². The number of carbonyl (C=O) groups is 1. The van der Waals surface area contributed by atoms with E-state index in [0.717, 1.165) is 39.6 Å². The van der Waals surface area contributed by atoms with E-state index in [-0.39, 0.29) is 5.91 Å². The average molecular weight is 417 g/mol. The fourth-order valence-electron chi connectivity index (χ4n) is 2.89. The molecule has 1 heterocycles. The van der Waals surface area contributed by atoms with Crippen molar-refractivity contribution in [2.75, 3.05) is 20.0 Å². The van der Waals surface area contributed by atoms with Gasteiger partial charge in [-0.2, -0.15) is 4.99 Å². The smallest absolute Gasteiger partial charge is 0.258 e. The highest BCUT2D eigenvalue weighted by Crippen LogP contribution is 2.35. The van der Waals surface area contributed by atoms with Gasteiger partial charge in [0.15, 0.2) is 4.80 Å². The number of aromatic nitrogens is 1. The Hall–Kier alpha value is -2.25. The standard InChI is InChI=1S/C21H24N2O3S2/c1-5-12-23-19-16(25-3)10-11-17(26-4)20(19)28-21(23)22-18(24)13-27-15-8-6-14(2)7-9-15/h6-11H,5,12-13H2,1-4H3. The third-order valence-electron chi connectivity index (χ3n) is 4.24. The van der Waals surface area contributed by atoms with Gasteiger partial charge in [0.2, 0.25) is 0 Å². The number of thiazole rings is 1. The maximum atomic E-state index is 12.5. The van der Waals surface area contributed by atoms with Crippen LogP contribution in [0.2, 0.25) is 0 Å². The van der Waals surface area contributed by atoms with Crippen LogP contribution in [0.1, 0.15) is 18.9 Å². The average Bonchev–Trinajstić information content (AvgIpc) is 3.05. The van der Waals surface area contributed by atoms with E-state index >= 15 is 0 Å². The lowest BCUT2D eigenvalue weighted by molar-refractivity contribution is -0.115. The van der Waals surface area contributed by atoms with Crippen LogP contribution in [0, 0.1) is 6.92 Å². The number of hydrogen-bond donors (Lipinski definition) is 0. The van der Waals surface area contributed by atoms with Crippen LogP contribution in [0.25, 0.3) is 10.2 Å². The van der Waals surface area contributed by atoms with E-state index < -0.39 is 0 Å². The molecule has 1 aromatic heterocycles. The predicted molar refractivity (Wildman–Crippen MR) is 116 cm³/mol. The van der Waals surface area contributed by atoms with Crippen molar-refractivity contribution in [1.82, 2.24) is 4.57 Å². The molecule has 0 fully saturated rings. The third-order valence-corrected chi connectivity index (χ3v) is 6.33. The van der Waals surface area contributed by atoms with E-state index in [1.165, 1.54) is 28.7 Å². The van der Waals surface area contributed by atoms with Gasteiger partial charge in [-0.05, 0) is 37.6 Å². The van der Waals surface area contributed by atoms with E-state index in [1.807, 2.05) is 43.3 Å². The largest absolute Gasteiger partial charge is 0.495 e. The summed E-state index contributed by atoms with van der Waals surface area (Å²) in [6.45, 7) is 4.90. The van der Waals surface area contributed by atoms with Gasteiger partial charge in [0.1, 0.15) is 21.7 Å². The van der Waals surface area contributed by atoms with E-state index in [0.29, 0.717) is 10.6 Å². The van der Waals surface area contributed by atoms with Crippen molar-refractivity contribution < 1.29 is 14.3 Å². The van der Waals surface area contributed by atoms with Crippen LogP contribution in [0.4, 0.5) is 0 Å². The van der Waals surface area contributed by atoms with E-state index in [9.17, 15) is 4.79 Å². The first-order valence-electron chi connectivity index (χ1n) is 9.08. The number of benzene rings is 2. The van der Waals surface area contributed by atoms with Gasteiger partial charge in [-0.15, -0.1) is 11.8 Å². The Morgan fingerprint density at radius 1 is 1.11 bits per heavy atom. The van der Waals surface area contributed by atoms with Gasteiger partial charge in [-0.3, -0.25) is 4.79 Å². The maximum Gasteiger partial charge on any atom is 0.258 e. The van der Waals surface area contributed by atoms with Crippen molar-refractivity contribution >= 4 is 39.2 Å². The molecule has 5 nitrogen and oxygen atoms in total. The number of aryl methyl sites for hydroxylation is 2. The van der Waals surface area contributed by atoms with Gasteiger partial charge in [0.05, 0.1) is 20.0 Å². The molecule has 0 aliphatic rings. The first kappa shape index (κ1) is 20.5. The summed E-state index contributed by atoms with van der Waals surface area (Å²) in [6, 6.07) is 11.9. The van der Waals surface area contributed by atoms with Crippen LogP contribution >= 0.6 is 23.1 Å². The number of carbonyl (C=O) groups excluding carboxylic acids is 1. The topological polar surface area (TPSA) is 52.8 Å². The summed E-state index contributed by atoms with van der Waals surface area (Å²) in [7, 11) is 3.29. The van der Waals surface area contributed by atoms with Crippen molar-refractivity contribution in [2.24, 2.45) is 4.99 Å². The van der Waals surface area contributed by atoms with Gasteiger partial charge >= 0.3 is 0 Å². The SMILES string of the molecule is CCCn1c(=NC(=O)CSc2ccc(C)cc2)sc2c(OC)ccc(OC)c21. The lowest BCUT2D eigenvalue weighted by Crippen LogP contribution is -2.17. The number of amides is 1. The van der Waals surface area contributed by atoms with Crippen LogP contribution in [-0.2, 0) is 11.3 Å². The molecule has 28 heavy (non-hydrogen) atoms. The number of methoxy groups -OCH3 is 2. The van der Waals surface area contributed by atoms with Crippen molar-refractivity contribution in [3.8, 4) is 11.5 Å². The number of rotatable bonds is 7. The quantitative estimate of drug-likeness (QED) is 0.526. The highest BCUT2D eigenvalue weighted by Gasteiger charge is 2.16. The fourth-order valence-corrected chi connectivity index (χ4v) is 4.75. The molecule has 0 unspecified atom stereocenters. The molecule has 0 aliphatic carbocycles. The number of ether oxygens (including phenoxy) is 2. The van der Waals surface area contributed by atoms with Crippen LogP contribution in [0.5, 0.6) is 11.5 Å². The fraction of sp³-hybridized carbons (Fsp3) is 0.333. The number of hydrogen-bond acceptors (Lipinski definition) is 5. The molecule has 3 rings (SSSR count). The third kappa shape index (κ3) is 4.42. The molecular formula is C21H24N2O3S2. The highest BCUT2D eigenvalue weighted by atomic mass is 32.2. The minimum Gasteiger partial charge on any atom is -0.495 e. The molecule has 2 aromatic carbocycles. The molecule has 0 saturated carbocycles.